The quantitative estimate of drug-likeness (QED) is 0.125. The lowest BCUT2D eigenvalue weighted by Gasteiger charge is -2.14. The Labute approximate surface area is 163 Å². The third-order valence-electron chi connectivity index (χ3n) is 5.21. The number of methoxy groups -OCH3 is 1. The number of hydrogen-bond donors (Lipinski definition) is 0. The zero-order valence-corrected chi connectivity index (χ0v) is 17.5. The van der Waals surface area contributed by atoms with Crippen molar-refractivity contribution in [3.05, 3.63) is 25.3 Å². The minimum absolute atomic E-state index is 0.000378. The molecule has 0 fully saturated rings. The summed E-state index contributed by atoms with van der Waals surface area (Å²) in [6.07, 6.45) is 24.8. The molecule has 0 spiro atoms. The van der Waals surface area contributed by atoms with Crippen LogP contribution in [0.3, 0.4) is 0 Å². The van der Waals surface area contributed by atoms with Crippen molar-refractivity contribution in [2.75, 3.05) is 7.11 Å². The summed E-state index contributed by atoms with van der Waals surface area (Å²) in [6, 6.07) is 0. The van der Waals surface area contributed by atoms with E-state index < -0.39 is 0 Å². The Kier molecular flexibility index (Phi) is 19.4. The summed E-state index contributed by atoms with van der Waals surface area (Å²) in [7, 11) is 1.53. The molecule has 2 heteroatoms. The molecule has 2 nitrogen and oxygen atoms in total. The summed E-state index contributed by atoms with van der Waals surface area (Å²) >= 11 is 0. The molecule has 0 bridgehead atoms. The first-order valence-electron chi connectivity index (χ1n) is 11.1. The van der Waals surface area contributed by atoms with Gasteiger partial charge in [0, 0.05) is 0 Å². The van der Waals surface area contributed by atoms with E-state index in [9.17, 15) is 4.79 Å². The van der Waals surface area contributed by atoms with Crippen LogP contribution in [0.4, 0.5) is 0 Å². The Morgan fingerprint density at radius 1 is 0.692 bits per heavy atom. The topological polar surface area (TPSA) is 26.3 Å². The van der Waals surface area contributed by atoms with Crippen LogP contribution in [0.25, 0.3) is 0 Å². The van der Waals surface area contributed by atoms with Gasteiger partial charge in [0.1, 0.15) is 0 Å². The minimum Gasteiger partial charge on any atom is -0.469 e. The van der Waals surface area contributed by atoms with Crippen LogP contribution < -0.4 is 0 Å². The number of hydrogen-bond acceptors (Lipinski definition) is 2. The largest absolute Gasteiger partial charge is 0.469 e. The molecule has 0 amide bonds. The zero-order valence-electron chi connectivity index (χ0n) is 17.5. The highest BCUT2D eigenvalue weighted by molar-refractivity contribution is 5.72. The second kappa shape index (κ2) is 20.3. The van der Waals surface area contributed by atoms with Crippen LogP contribution in [-0.4, -0.2) is 13.1 Å². The summed E-state index contributed by atoms with van der Waals surface area (Å²) in [5.41, 5.74) is 0. The smallest absolute Gasteiger partial charge is 0.308 e. The van der Waals surface area contributed by atoms with Gasteiger partial charge in [-0.05, 0) is 38.5 Å². The van der Waals surface area contributed by atoms with Crippen molar-refractivity contribution in [2.45, 2.75) is 109 Å². The average molecular weight is 365 g/mol. The number of ether oxygens (including phenoxy) is 1. The fourth-order valence-corrected chi connectivity index (χ4v) is 3.50. The lowest BCUT2D eigenvalue weighted by atomic mass is 9.94. The van der Waals surface area contributed by atoms with Gasteiger partial charge in [0.2, 0.25) is 0 Å². The number of carbonyl (C=O) groups is 1. The lowest BCUT2D eigenvalue weighted by molar-refractivity contribution is -0.146. The third-order valence-corrected chi connectivity index (χ3v) is 5.21. The van der Waals surface area contributed by atoms with Gasteiger partial charge in [-0.25, -0.2) is 0 Å². The van der Waals surface area contributed by atoms with Crippen LogP contribution in [-0.2, 0) is 9.53 Å². The summed E-state index contributed by atoms with van der Waals surface area (Å²) in [5.74, 6) is 0.119. The first-order valence-corrected chi connectivity index (χ1v) is 11.1. The average Bonchev–Trinajstić information content (AvgIpc) is 2.66. The van der Waals surface area contributed by atoms with E-state index in [0.717, 1.165) is 38.5 Å². The van der Waals surface area contributed by atoms with Crippen molar-refractivity contribution in [1.82, 2.24) is 0 Å². The molecule has 1 unspecified atom stereocenters. The lowest BCUT2D eigenvalue weighted by Crippen LogP contribution is -2.16. The van der Waals surface area contributed by atoms with Crippen molar-refractivity contribution in [2.24, 2.45) is 5.92 Å². The van der Waals surface area contributed by atoms with Gasteiger partial charge in [0.05, 0.1) is 13.0 Å². The van der Waals surface area contributed by atoms with Gasteiger partial charge in [-0.15, -0.1) is 13.2 Å². The van der Waals surface area contributed by atoms with Crippen LogP contribution in [0.5, 0.6) is 0 Å². The van der Waals surface area contributed by atoms with Crippen LogP contribution in [0.2, 0.25) is 0 Å². The van der Waals surface area contributed by atoms with E-state index in [2.05, 4.69) is 13.2 Å². The van der Waals surface area contributed by atoms with Gasteiger partial charge in [-0.2, -0.15) is 0 Å². The SMILES string of the molecule is C=CCCCCCCCCCC(CCCCCCCCC=C)C(=O)OC. The molecule has 0 rings (SSSR count). The molecule has 1 atom stereocenters. The van der Waals surface area contributed by atoms with Crippen LogP contribution >= 0.6 is 0 Å². The molecule has 0 aromatic carbocycles. The molecule has 0 radical (unpaired) electrons. The fourth-order valence-electron chi connectivity index (χ4n) is 3.50. The molecule has 0 aliphatic heterocycles. The predicted octanol–water partition coefficient (Wildman–Crippen LogP) is 7.78. The molecule has 0 saturated heterocycles. The second-order valence-corrected chi connectivity index (χ2v) is 7.55. The molecule has 26 heavy (non-hydrogen) atoms. The number of unbranched alkanes of at least 4 members (excludes halogenated alkanes) is 13. The Balaban J connectivity index is 3.65. The van der Waals surface area contributed by atoms with Crippen molar-refractivity contribution in [1.29, 1.82) is 0 Å². The van der Waals surface area contributed by atoms with E-state index in [-0.39, 0.29) is 11.9 Å². The highest BCUT2D eigenvalue weighted by Crippen LogP contribution is 2.20. The predicted molar refractivity (Wildman–Crippen MR) is 114 cm³/mol. The Morgan fingerprint density at radius 3 is 1.38 bits per heavy atom. The van der Waals surface area contributed by atoms with Crippen LogP contribution in [0, 0.1) is 5.92 Å². The first kappa shape index (κ1) is 24.9. The van der Waals surface area contributed by atoms with E-state index in [1.165, 1.54) is 77.7 Å². The molecule has 0 aromatic heterocycles. The Bertz CT molecular complexity index is 335. The molecular weight excluding hydrogens is 320 g/mol. The molecule has 0 N–H and O–H groups in total. The highest BCUT2D eigenvalue weighted by Gasteiger charge is 2.17. The van der Waals surface area contributed by atoms with Gasteiger partial charge < -0.3 is 4.74 Å². The van der Waals surface area contributed by atoms with Crippen LogP contribution in [0.15, 0.2) is 25.3 Å². The zero-order chi connectivity index (χ0) is 19.3. The van der Waals surface area contributed by atoms with E-state index in [0.29, 0.717) is 0 Å². The highest BCUT2D eigenvalue weighted by atomic mass is 16.5. The number of allylic oxidation sites excluding steroid dienone is 2. The van der Waals surface area contributed by atoms with Gasteiger partial charge in [0.25, 0.3) is 0 Å². The summed E-state index contributed by atoms with van der Waals surface area (Å²) in [5, 5.41) is 0. The Morgan fingerprint density at radius 2 is 1.04 bits per heavy atom. The van der Waals surface area contributed by atoms with Crippen molar-refractivity contribution in [3.63, 3.8) is 0 Å². The number of rotatable bonds is 20. The summed E-state index contributed by atoms with van der Waals surface area (Å²) < 4.78 is 5.01. The van der Waals surface area contributed by atoms with Crippen molar-refractivity contribution < 1.29 is 9.53 Å². The van der Waals surface area contributed by atoms with Crippen LogP contribution in [0.1, 0.15) is 109 Å². The molecule has 0 aliphatic carbocycles. The van der Waals surface area contributed by atoms with Gasteiger partial charge >= 0.3 is 5.97 Å². The number of esters is 1. The normalized spacial score (nSPS) is 11.9. The maximum absolute atomic E-state index is 12.0. The molecule has 0 aromatic rings. The monoisotopic (exact) mass is 364 g/mol. The standard InChI is InChI=1S/C24H44O2/c1-4-6-8-10-12-14-16-18-20-22-23(24(25)26-3)21-19-17-15-13-11-9-7-5-2/h4-5,23H,1-2,6-22H2,3H3. The molecule has 0 saturated carbocycles. The van der Waals surface area contributed by atoms with Gasteiger partial charge in [0.15, 0.2) is 0 Å². The van der Waals surface area contributed by atoms with Gasteiger partial charge in [-0.1, -0.05) is 82.8 Å². The van der Waals surface area contributed by atoms with Crippen molar-refractivity contribution >= 4 is 5.97 Å². The van der Waals surface area contributed by atoms with E-state index in [1.807, 2.05) is 12.2 Å². The molecule has 0 aliphatic rings. The number of carbonyl (C=O) groups excluding carboxylic acids is 1. The van der Waals surface area contributed by atoms with E-state index in [1.54, 1.807) is 0 Å². The minimum atomic E-state index is 0.000378. The molecule has 152 valence electrons. The Hall–Kier alpha value is -1.05. The van der Waals surface area contributed by atoms with Gasteiger partial charge in [-0.3, -0.25) is 4.79 Å². The molecular formula is C24H44O2. The summed E-state index contributed by atoms with van der Waals surface area (Å²) in [6.45, 7) is 7.52. The van der Waals surface area contributed by atoms with E-state index in [4.69, 9.17) is 4.74 Å². The third kappa shape index (κ3) is 16.4. The maximum Gasteiger partial charge on any atom is 0.308 e. The van der Waals surface area contributed by atoms with Crippen molar-refractivity contribution in [3.8, 4) is 0 Å². The summed E-state index contributed by atoms with van der Waals surface area (Å²) in [4.78, 5) is 12.0. The fraction of sp³-hybridized carbons (Fsp3) is 0.792. The molecule has 0 heterocycles. The second-order valence-electron chi connectivity index (χ2n) is 7.55. The van der Waals surface area contributed by atoms with E-state index >= 15 is 0 Å². The maximum atomic E-state index is 12.0. The first-order chi connectivity index (χ1) is 12.8.